The molecule has 0 saturated heterocycles. The lowest BCUT2D eigenvalue weighted by atomic mass is 9.85. The average Bonchev–Trinajstić information content (AvgIpc) is 2.87. The molecule has 0 aliphatic rings. The van der Waals surface area contributed by atoms with Crippen LogP contribution in [0.1, 0.15) is 69.2 Å². The molecule has 0 fully saturated rings. The third-order valence-corrected chi connectivity index (χ3v) is 6.91. The summed E-state index contributed by atoms with van der Waals surface area (Å²) in [6.07, 6.45) is 1.06. The summed E-state index contributed by atoms with van der Waals surface area (Å²) >= 11 is 6.10. The quantitative estimate of drug-likeness (QED) is 0.278. The van der Waals surface area contributed by atoms with E-state index in [-0.39, 0.29) is 36.1 Å². The zero-order valence-corrected chi connectivity index (χ0v) is 24.1. The number of nitrogens with zero attached hydrogens (tertiary/aromatic N) is 1. The van der Waals surface area contributed by atoms with Gasteiger partial charge < -0.3 is 10.1 Å². The van der Waals surface area contributed by atoms with Crippen LogP contribution in [-0.4, -0.2) is 23.5 Å². The Morgan fingerprint density at radius 2 is 1.62 bits per heavy atom. The summed E-state index contributed by atoms with van der Waals surface area (Å²) in [6.45, 7) is 9.50. The van der Waals surface area contributed by atoms with Gasteiger partial charge in [-0.05, 0) is 66.6 Å². The summed E-state index contributed by atoms with van der Waals surface area (Å²) in [7, 11) is 0. The van der Waals surface area contributed by atoms with Gasteiger partial charge in [-0.25, -0.2) is 0 Å². The number of esters is 1. The summed E-state index contributed by atoms with van der Waals surface area (Å²) in [5, 5.41) is 13.3. The van der Waals surface area contributed by atoms with Crippen LogP contribution in [0.15, 0.2) is 78.9 Å². The van der Waals surface area contributed by atoms with Crippen LogP contribution in [0.5, 0.6) is 0 Å². The molecule has 3 aromatic carbocycles. The van der Waals surface area contributed by atoms with Gasteiger partial charge in [-0.15, -0.1) is 0 Å². The highest BCUT2D eigenvalue weighted by Gasteiger charge is 2.40. The number of hydrogen-bond donors (Lipinski definition) is 1. The molecule has 0 radical (unpaired) electrons. The van der Waals surface area contributed by atoms with E-state index in [2.05, 4.69) is 11.4 Å². The minimum atomic E-state index is -1.41. The first kappa shape index (κ1) is 29.9. The van der Waals surface area contributed by atoms with Crippen LogP contribution in [0.25, 0.3) is 0 Å². The molecule has 0 aliphatic heterocycles. The third kappa shape index (κ3) is 8.97. The molecular formula is C33H37ClN2O3. The summed E-state index contributed by atoms with van der Waals surface area (Å²) in [5.74, 6) is -0.920. The van der Waals surface area contributed by atoms with Gasteiger partial charge in [0, 0.05) is 23.4 Å². The fourth-order valence-electron chi connectivity index (χ4n) is 4.63. The topological polar surface area (TPSA) is 79.2 Å². The molecule has 0 aliphatic carbocycles. The van der Waals surface area contributed by atoms with Crippen LogP contribution in [0, 0.1) is 16.7 Å². The Morgan fingerprint density at radius 1 is 0.949 bits per heavy atom. The zero-order valence-electron chi connectivity index (χ0n) is 23.3. The van der Waals surface area contributed by atoms with Gasteiger partial charge in [0.05, 0.1) is 18.1 Å². The van der Waals surface area contributed by atoms with Crippen LogP contribution in [-0.2, 0) is 27.2 Å². The monoisotopic (exact) mass is 544 g/mol. The first-order valence-corrected chi connectivity index (χ1v) is 13.6. The van der Waals surface area contributed by atoms with Gasteiger partial charge in [-0.2, -0.15) is 5.26 Å². The van der Waals surface area contributed by atoms with Gasteiger partial charge >= 0.3 is 5.97 Å². The summed E-state index contributed by atoms with van der Waals surface area (Å²) in [5.41, 5.74) is 1.76. The maximum atomic E-state index is 13.9. The molecule has 5 nitrogen and oxygen atoms in total. The van der Waals surface area contributed by atoms with Crippen molar-refractivity contribution in [1.29, 1.82) is 5.26 Å². The van der Waals surface area contributed by atoms with Crippen LogP contribution < -0.4 is 5.32 Å². The Kier molecular flexibility index (Phi) is 9.94. The van der Waals surface area contributed by atoms with Crippen LogP contribution in [0.2, 0.25) is 5.02 Å². The predicted molar refractivity (Wildman–Crippen MR) is 155 cm³/mol. The minimum absolute atomic E-state index is 0.144. The molecule has 3 rings (SSSR count). The molecule has 0 saturated carbocycles. The van der Waals surface area contributed by atoms with Crippen molar-refractivity contribution in [2.45, 2.75) is 71.4 Å². The van der Waals surface area contributed by atoms with Gasteiger partial charge in [0.1, 0.15) is 0 Å². The van der Waals surface area contributed by atoms with E-state index < -0.39 is 11.6 Å². The van der Waals surface area contributed by atoms with E-state index >= 15 is 0 Å². The van der Waals surface area contributed by atoms with Gasteiger partial charge in [-0.3, -0.25) is 9.59 Å². The molecule has 3 unspecified atom stereocenters. The number of carbonyl (C=O) groups excluding carboxylic acids is 2. The van der Waals surface area contributed by atoms with Crippen molar-refractivity contribution in [2.24, 2.45) is 5.41 Å². The molecule has 3 atom stereocenters. The van der Waals surface area contributed by atoms with Gasteiger partial charge in [0.25, 0.3) is 5.91 Å². The zero-order chi connectivity index (χ0) is 28.6. The van der Waals surface area contributed by atoms with E-state index in [1.807, 2.05) is 100 Å². The summed E-state index contributed by atoms with van der Waals surface area (Å²) in [4.78, 5) is 26.8. The number of benzene rings is 3. The molecule has 39 heavy (non-hydrogen) atoms. The fraction of sp³-hybridized carbons (Fsp3) is 0.364. The van der Waals surface area contributed by atoms with E-state index in [1.54, 1.807) is 13.0 Å². The average molecular weight is 545 g/mol. The van der Waals surface area contributed by atoms with Crippen molar-refractivity contribution >= 4 is 23.5 Å². The molecular weight excluding hydrogens is 508 g/mol. The number of amides is 1. The maximum absolute atomic E-state index is 13.9. The van der Waals surface area contributed by atoms with Crippen molar-refractivity contribution in [2.75, 3.05) is 0 Å². The minimum Gasteiger partial charge on any atom is -0.449 e. The lowest BCUT2D eigenvalue weighted by Gasteiger charge is -2.33. The molecule has 3 aromatic rings. The first-order chi connectivity index (χ1) is 18.4. The largest absolute Gasteiger partial charge is 0.449 e. The lowest BCUT2D eigenvalue weighted by molar-refractivity contribution is -0.168. The number of ether oxygens (including phenoxy) is 1. The second-order valence-corrected chi connectivity index (χ2v) is 12.0. The normalized spacial score (nSPS) is 14.4. The summed E-state index contributed by atoms with van der Waals surface area (Å²) in [6, 6.07) is 26.5. The number of halogens is 1. The summed E-state index contributed by atoms with van der Waals surface area (Å²) < 4.78 is 5.93. The highest BCUT2D eigenvalue weighted by atomic mass is 35.5. The fourth-order valence-corrected chi connectivity index (χ4v) is 4.75. The van der Waals surface area contributed by atoms with E-state index in [9.17, 15) is 14.9 Å². The smallest absolute Gasteiger partial charge is 0.307 e. The standard InChI is InChI=1S/C33H37ClN2O3/c1-23(29(19-24-14-16-28(34)17-15-24)27-13-9-12-26(18-27)22-35)36-31(38)33(5,20-25-10-7-6-8-11-25)39-30(37)21-32(2,3)4/h6-18,23,29H,19-21H2,1-5H3,(H,36,38). The van der Waals surface area contributed by atoms with Crippen LogP contribution in [0.3, 0.4) is 0 Å². The number of nitriles is 1. The molecule has 6 heteroatoms. The molecule has 0 spiro atoms. The molecule has 0 aromatic heterocycles. The Morgan fingerprint density at radius 3 is 2.23 bits per heavy atom. The van der Waals surface area contributed by atoms with E-state index in [1.165, 1.54) is 0 Å². The van der Waals surface area contributed by atoms with E-state index in [4.69, 9.17) is 16.3 Å². The number of hydrogen-bond acceptors (Lipinski definition) is 4. The molecule has 0 bridgehead atoms. The Balaban J connectivity index is 1.91. The second-order valence-electron chi connectivity index (χ2n) is 11.5. The van der Waals surface area contributed by atoms with Crippen molar-refractivity contribution in [3.63, 3.8) is 0 Å². The predicted octanol–water partition coefficient (Wildman–Crippen LogP) is 7.02. The second kappa shape index (κ2) is 13.0. The molecule has 1 amide bonds. The van der Waals surface area contributed by atoms with Crippen molar-refractivity contribution < 1.29 is 14.3 Å². The maximum Gasteiger partial charge on any atom is 0.307 e. The third-order valence-electron chi connectivity index (χ3n) is 6.65. The van der Waals surface area contributed by atoms with Crippen molar-refractivity contribution in [3.8, 4) is 6.07 Å². The van der Waals surface area contributed by atoms with Crippen LogP contribution >= 0.6 is 11.6 Å². The van der Waals surface area contributed by atoms with E-state index in [0.29, 0.717) is 17.0 Å². The number of nitrogens with one attached hydrogen (secondary N) is 1. The molecule has 0 heterocycles. The van der Waals surface area contributed by atoms with Gasteiger partial charge in [0.2, 0.25) is 0 Å². The highest BCUT2D eigenvalue weighted by molar-refractivity contribution is 6.30. The number of carbonyl (C=O) groups is 2. The Hall–Kier alpha value is -3.62. The van der Waals surface area contributed by atoms with Gasteiger partial charge in [-0.1, -0.05) is 87.0 Å². The van der Waals surface area contributed by atoms with E-state index in [0.717, 1.165) is 16.7 Å². The Labute approximate surface area is 237 Å². The van der Waals surface area contributed by atoms with Gasteiger partial charge in [0.15, 0.2) is 5.60 Å². The molecule has 1 N–H and O–H groups in total. The first-order valence-electron chi connectivity index (χ1n) is 13.2. The highest BCUT2D eigenvalue weighted by Crippen LogP contribution is 2.29. The Bertz CT molecular complexity index is 1310. The van der Waals surface area contributed by atoms with Crippen molar-refractivity contribution in [1.82, 2.24) is 5.32 Å². The molecule has 204 valence electrons. The van der Waals surface area contributed by atoms with Crippen LogP contribution in [0.4, 0.5) is 0 Å². The van der Waals surface area contributed by atoms with Crippen molar-refractivity contribution in [3.05, 3.63) is 106 Å². The number of rotatable bonds is 10. The SMILES string of the molecule is CC(NC(=O)C(C)(Cc1ccccc1)OC(=O)CC(C)(C)C)C(Cc1ccc(Cl)cc1)c1cccc(C#N)c1. The lowest BCUT2D eigenvalue weighted by Crippen LogP contribution is -2.53.